The van der Waals surface area contributed by atoms with E-state index < -0.39 is 23.1 Å². The first kappa shape index (κ1) is 38.4. The van der Waals surface area contributed by atoms with Crippen molar-refractivity contribution in [1.29, 1.82) is 0 Å². The molecule has 10 nitrogen and oxygen atoms in total. The highest BCUT2D eigenvalue weighted by Crippen LogP contribution is 2.30. The molecule has 1 aromatic carbocycles. The Balaban J connectivity index is 1.36. The van der Waals surface area contributed by atoms with Gasteiger partial charge in [-0.1, -0.05) is 11.8 Å². The molecule has 0 spiro atoms. The van der Waals surface area contributed by atoms with Gasteiger partial charge in [0.1, 0.15) is 22.7 Å². The number of hydrogen-bond donors (Lipinski definition) is 1. The summed E-state index contributed by atoms with van der Waals surface area (Å²) in [5, 5.41) is 9.55. The summed E-state index contributed by atoms with van der Waals surface area (Å²) in [5.41, 5.74) is 0.903. The SMILES string of the molecule is CC(C)(C)OC(=O)CC(CC(=O)[C@@H]1CCCN(C(=O)CCC2CCN(C(=O)OC(C)(C)C)CC2)C1)c1cncc(C#Cc2ccc(O)cc2)c1. The predicted molar refractivity (Wildman–Crippen MR) is 190 cm³/mol. The van der Waals surface area contributed by atoms with Gasteiger partial charge in [0.2, 0.25) is 5.91 Å². The van der Waals surface area contributed by atoms with E-state index >= 15 is 0 Å². The zero-order chi connectivity index (χ0) is 36.5. The van der Waals surface area contributed by atoms with Crippen molar-refractivity contribution in [3.05, 3.63) is 59.4 Å². The third-order valence-corrected chi connectivity index (χ3v) is 8.99. The van der Waals surface area contributed by atoms with E-state index in [1.54, 1.807) is 41.6 Å². The molecule has 270 valence electrons. The van der Waals surface area contributed by atoms with Crippen LogP contribution in [-0.2, 0) is 23.9 Å². The Kier molecular flexibility index (Phi) is 13.1. The molecule has 2 atom stereocenters. The molecule has 2 aromatic rings. The van der Waals surface area contributed by atoms with Crippen LogP contribution in [0, 0.1) is 23.7 Å². The maximum atomic E-state index is 13.8. The van der Waals surface area contributed by atoms with Crippen LogP contribution in [0.15, 0.2) is 42.7 Å². The first-order chi connectivity index (χ1) is 23.5. The molecule has 3 heterocycles. The fraction of sp³-hybridized carbons (Fsp3) is 0.575. The van der Waals surface area contributed by atoms with Crippen LogP contribution in [0.3, 0.4) is 0 Å². The second-order valence-electron chi connectivity index (χ2n) is 15.6. The van der Waals surface area contributed by atoms with Crippen molar-refractivity contribution >= 4 is 23.8 Å². The smallest absolute Gasteiger partial charge is 0.410 e. The maximum Gasteiger partial charge on any atom is 0.410 e. The molecular weight excluding hydrogens is 634 g/mol. The first-order valence-corrected chi connectivity index (χ1v) is 17.8. The lowest BCUT2D eigenvalue weighted by atomic mass is 9.84. The van der Waals surface area contributed by atoms with Crippen LogP contribution >= 0.6 is 0 Å². The zero-order valence-electron chi connectivity index (χ0n) is 30.5. The number of nitrogens with zero attached hydrogens (tertiary/aromatic N) is 3. The van der Waals surface area contributed by atoms with Crippen molar-refractivity contribution < 1.29 is 33.8 Å². The van der Waals surface area contributed by atoms with Gasteiger partial charge in [0.25, 0.3) is 0 Å². The van der Waals surface area contributed by atoms with Crippen molar-refractivity contribution in [3.8, 4) is 17.6 Å². The van der Waals surface area contributed by atoms with Gasteiger partial charge < -0.3 is 24.4 Å². The van der Waals surface area contributed by atoms with Crippen LogP contribution in [0.2, 0.25) is 0 Å². The largest absolute Gasteiger partial charge is 0.508 e. The summed E-state index contributed by atoms with van der Waals surface area (Å²) in [5.74, 6) is 5.59. The molecule has 0 saturated carbocycles. The van der Waals surface area contributed by atoms with Gasteiger partial charge in [-0.2, -0.15) is 0 Å². The molecular formula is C40H53N3O7. The van der Waals surface area contributed by atoms with Crippen LogP contribution in [-0.4, -0.2) is 81.0 Å². The van der Waals surface area contributed by atoms with Gasteiger partial charge in [-0.05, 0) is 115 Å². The molecule has 0 bridgehead atoms. The van der Waals surface area contributed by atoms with Crippen molar-refractivity contribution in [1.82, 2.24) is 14.8 Å². The van der Waals surface area contributed by atoms with Gasteiger partial charge in [0.05, 0.1) is 6.42 Å². The topological polar surface area (TPSA) is 126 Å². The number of Topliss-reactive ketones (excluding diaryl/α,β-unsaturated/α-hetero) is 1. The second kappa shape index (κ2) is 17.0. The molecule has 1 aromatic heterocycles. The van der Waals surface area contributed by atoms with Crippen LogP contribution in [0.4, 0.5) is 4.79 Å². The molecule has 0 aliphatic carbocycles. The third-order valence-electron chi connectivity index (χ3n) is 8.99. The van der Waals surface area contributed by atoms with Gasteiger partial charge in [0, 0.05) is 74.4 Å². The van der Waals surface area contributed by atoms with E-state index in [0.717, 1.165) is 36.8 Å². The number of ketones is 1. The molecule has 0 radical (unpaired) electrons. The monoisotopic (exact) mass is 687 g/mol. The number of amides is 2. The normalized spacial score (nSPS) is 17.7. The highest BCUT2D eigenvalue weighted by molar-refractivity contribution is 5.84. The molecule has 2 saturated heterocycles. The number of carbonyl (C=O) groups is 4. The van der Waals surface area contributed by atoms with Crippen LogP contribution < -0.4 is 0 Å². The lowest BCUT2D eigenvalue weighted by Gasteiger charge is -2.35. The molecule has 2 aliphatic rings. The number of phenols is 1. The Bertz CT molecular complexity index is 1550. The lowest BCUT2D eigenvalue weighted by molar-refractivity contribution is -0.155. The molecule has 1 N–H and O–H groups in total. The Hall–Kier alpha value is -4.39. The summed E-state index contributed by atoms with van der Waals surface area (Å²) in [6.07, 6.45) is 7.46. The van der Waals surface area contributed by atoms with E-state index in [4.69, 9.17) is 9.47 Å². The minimum Gasteiger partial charge on any atom is -0.508 e. The number of phenolic OH excluding ortho intramolecular Hbond substituents is 1. The molecule has 2 aliphatic heterocycles. The Morgan fingerprint density at radius 1 is 0.860 bits per heavy atom. The van der Waals surface area contributed by atoms with E-state index in [1.165, 1.54) is 0 Å². The minimum atomic E-state index is -0.666. The predicted octanol–water partition coefficient (Wildman–Crippen LogP) is 6.63. The fourth-order valence-electron chi connectivity index (χ4n) is 6.42. The molecule has 4 rings (SSSR count). The van der Waals surface area contributed by atoms with E-state index in [9.17, 15) is 24.3 Å². The summed E-state index contributed by atoms with van der Waals surface area (Å²) in [6.45, 7) is 13.3. The van der Waals surface area contributed by atoms with Crippen LogP contribution in [0.1, 0.15) is 116 Å². The van der Waals surface area contributed by atoms with Gasteiger partial charge in [-0.25, -0.2) is 4.79 Å². The summed E-state index contributed by atoms with van der Waals surface area (Å²) < 4.78 is 11.1. The van der Waals surface area contributed by atoms with E-state index in [0.29, 0.717) is 50.5 Å². The summed E-state index contributed by atoms with van der Waals surface area (Å²) in [4.78, 5) is 60.5. The number of benzene rings is 1. The zero-order valence-corrected chi connectivity index (χ0v) is 30.5. The van der Waals surface area contributed by atoms with Gasteiger partial charge in [-0.3, -0.25) is 19.4 Å². The average Bonchev–Trinajstić information content (AvgIpc) is 3.05. The second-order valence-corrected chi connectivity index (χ2v) is 15.6. The average molecular weight is 688 g/mol. The Morgan fingerprint density at radius 2 is 1.52 bits per heavy atom. The summed E-state index contributed by atoms with van der Waals surface area (Å²) >= 11 is 0. The molecule has 10 heteroatoms. The number of rotatable bonds is 9. The number of aromatic hydroxyl groups is 1. The third kappa shape index (κ3) is 12.5. The fourth-order valence-corrected chi connectivity index (χ4v) is 6.42. The minimum absolute atomic E-state index is 0.0155. The number of piperidine rings is 2. The van der Waals surface area contributed by atoms with Crippen molar-refractivity contribution in [2.75, 3.05) is 26.2 Å². The highest BCUT2D eigenvalue weighted by Gasteiger charge is 2.32. The quantitative estimate of drug-likeness (QED) is 0.230. The number of ether oxygens (including phenoxy) is 2. The van der Waals surface area contributed by atoms with Crippen molar-refractivity contribution in [3.63, 3.8) is 0 Å². The number of aromatic nitrogens is 1. The summed E-state index contributed by atoms with van der Waals surface area (Å²) in [6, 6.07) is 8.44. The van der Waals surface area contributed by atoms with E-state index in [-0.39, 0.29) is 42.3 Å². The van der Waals surface area contributed by atoms with Gasteiger partial charge in [0.15, 0.2) is 0 Å². The summed E-state index contributed by atoms with van der Waals surface area (Å²) in [7, 11) is 0. The van der Waals surface area contributed by atoms with E-state index in [2.05, 4.69) is 16.8 Å². The standard InChI is InChI=1S/C40H53N3O7/c1-39(2,3)49-37(47)24-32(33-22-30(25-41-26-33)10-9-28-11-14-34(44)15-12-28)23-35(45)31-8-7-19-43(27-31)36(46)16-13-29-17-20-42(21-18-29)38(48)50-40(4,5)6/h11-12,14-15,22,25-26,29,31-32,44H,7-8,13,16-21,23-24,27H2,1-6H3/t31-,32?/m1/s1. The molecule has 2 amide bonds. The van der Waals surface area contributed by atoms with Crippen molar-refractivity contribution in [2.24, 2.45) is 11.8 Å². The first-order valence-electron chi connectivity index (χ1n) is 17.8. The number of likely N-dealkylation sites (tertiary alicyclic amines) is 2. The number of pyridine rings is 1. The van der Waals surface area contributed by atoms with Crippen LogP contribution in [0.5, 0.6) is 5.75 Å². The van der Waals surface area contributed by atoms with Crippen LogP contribution in [0.25, 0.3) is 0 Å². The number of esters is 1. The van der Waals surface area contributed by atoms with Crippen molar-refractivity contribution in [2.45, 2.75) is 110 Å². The lowest BCUT2D eigenvalue weighted by Crippen LogP contribution is -2.43. The highest BCUT2D eigenvalue weighted by atomic mass is 16.6. The Morgan fingerprint density at radius 3 is 2.18 bits per heavy atom. The Labute approximate surface area is 296 Å². The molecule has 50 heavy (non-hydrogen) atoms. The number of hydrogen-bond acceptors (Lipinski definition) is 8. The van der Waals surface area contributed by atoms with E-state index in [1.807, 2.05) is 52.5 Å². The number of carbonyl (C=O) groups excluding carboxylic acids is 4. The van der Waals surface area contributed by atoms with Gasteiger partial charge in [-0.15, -0.1) is 0 Å². The van der Waals surface area contributed by atoms with Gasteiger partial charge >= 0.3 is 12.1 Å². The molecule has 1 unspecified atom stereocenters. The maximum absolute atomic E-state index is 13.8. The molecule has 2 fully saturated rings.